The molecule has 1 atom stereocenters. The summed E-state index contributed by atoms with van der Waals surface area (Å²) in [6.45, 7) is 6.18. The van der Waals surface area contributed by atoms with E-state index >= 15 is 0 Å². The van der Waals surface area contributed by atoms with Gasteiger partial charge in [-0.25, -0.2) is 0 Å². The van der Waals surface area contributed by atoms with Gasteiger partial charge < -0.3 is 9.64 Å². The van der Waals surface area contributed by atoms with E-state index in [-0.39, 0.29) is 6.10 Å². The molecule has 1 unspecified atom stereocenters. The Bertz CT molecular complexity index is 522. The SMILES string of the molecule is CC1CCN(c2nnc(SCC=CCl)n2CC2CCCO2)CC1. The molecule has 0 saturated carbocycles. The lowest BCUT2D eigenvalue weighted by Crippen LogP contribution is -2.35. The second-order valence-corrected chi connectivity index (χ2v) is 7.61. The molecule has 0 amide bonds. The van der Waals surface area contributed by atoms with Crippen molar-refractivity contribution in [3.05, 3.63) is 11.6 Å². The molecule has 3 rings (SSSR count). The predicted octanol–water partition coefficient (Wildman–Crippen LogP) is 3.54. The smallest absolute Gasteiger partial charge is 0.228 e. The fourth-order valence-electron chi connectivity index (χ4n) is 3.14. The lowest BCUT2D eigenvalue weighted by molar-refractivity contribution is 0.0951. The Morgan fingerprint density at radius 2 is 2.13 bits per heavy atom. The molecule has 0 radical (unpaired) electrons. The number of ether oxygens (including phenoxy) is 1. The third-order valence-electron chi connectivity index (χ3n) is 4.57. The number of thioether (sulfide) groups is 1. The first-order valence-electron chi connectivity index (χ1n) is 8.45. The average molecular weight is 357 g/mol. The van der Waals surface area contributed by atoms with Crippen LogP contribution >= 0.6 is 23.4 Å². The molecular weight excluding hydrogens is 332 g/mol. The molecule has 0 spiro atoms. The highest BCUT2D eigenvalue weighted by Crippen LogP contribution is 2.28. The van der Waals surface area contributed by atoms with Crippen LogP contribution in [0.25, 0.3) is 0 Å². The van der Waals surface area contributed by atoms with Crippen molar-refractivity contribution in [2.24, 2.45) is 5.92 Å². The van der Waals surface area contributed by atoms with E-state index in [0.29, 0.717) is 0 Å². The third kappa shape index (κ3) is 4.43. The first-order valence-corrected chi connectivity index (χ1v) is 9.88. The first-order chi connectivity index (χ1) is 11.3. The van der Waals surface area contributed by atoms with Crippen LogP contribution in [0.1, 0.15) is 32.6 Å². The second kappa shape index (κ2) is 8.40. The molecule has 0 bridgehead atoms. The minimum absolute atomic E-state index is 0.288. The van der Waals surface area contributed by atoms with Gasteiger partial charge in [0.15, 0.2) is 5.16 Å². The Hall–Kier alpha value is -0.720. The van der Waals surface area contributed by atoms with E-state index in [0.717, 1.165) is 61.9 Å². The molecule has 1 aromatic heterocycles. The maximum atomic E-state index is 5.83. The predicted molar refractivity (Wildman–Crippen MR) is 95.3 cm³/mol. The fourth-order valence-corrected chi connectivity index (χ4v) is 4.09. The normalized spacial score (nSPS) is 23.2. The minimum Gasteiger partial charge on any atom is -0.376 e. The summed E-state index contributed by atoms with van der Waals surface area (Å²) in [6, 6.07) is 0. The molecule has 2 fully saturated rings. The van der Waals surface area contributed by atoms with Crippen LogP contribution in [0.15, 0.2) is 16.8 Å². The Balaban J connectivity index is 1.76. The topological polar surface area (TPSA) is 43.2 Å². The Kier molecular flexibility index (Phi) is 6.25. The van der Waals surface area contributed by atoms with Gasteiger partial charge in [-0.05, 0) is 31.6 Å². The van der Waals surface area contributed by atoms with Crippen molar-refractivity contribution in [2.45, 2.75) is 50.4 Å². The maximum absolute atomic E-state index is 5.83. The number of piperidine rings is 1. The van der Waals surface area contributed by atoms with E-state index < -0.39 is 0 Å². The van der Waals surface area contributed by atoms with Crippen LogP contribution in [0.3, 0.4) is 0 Å². The highest BCUT2D eigenvalue weighted by Gasteiger charge is 2.25. The van der Waals surface area contributed by atoms with E-state index in [1.807, 2.05) is 6.08 Å². The maximum Gasteiger partial charge on any atom is 0.228 e. The first kappa shape index (κ1) is 17.1. The van der Waals surface area contributed by atoms with Crippen LogP contribution < -0.4 is 4.90 Å². The molecular formula is C16H25ClN4OS. The van der Waals surface area contributed by atoms with Gasteiger partial charge >= 0.3 is 0 Å². The zero-order chi connectivity index (χ0) is 16.1. The lowest BCUT2D eigenvalue weighted by atomic mass is 10.00. The molecule has 0 N–H and O–H groups in total. The van der Waals surface area contributed by atoms with Crippen molar-refractivity contribution < 1.29 is 4.74 Å². The van der Waals surface area contributed by atoms with Gasteiger partial charge in [0.25, 0.3) is 0 Å². The largest absolute Gasteiger partial charge is 0.376 e. The number of hydrogen-bond acceptors (Lipinski definition) is 5. The molecule has 23 heavy (non-hydrogen) atoms. The summed E-state index contributed by atoms with van der Waals surface area (Å²) in [7, 11) is 0. The van der Waals surface area contributed by atoms with Crippen LogP contribution in [-0.4, -0.2) is 46.3 Å². The number of rotatable bonds is 6. The highest BCUT2D eigenvalue weighted by molar-refractivity contribution is 7.99. The molecule has 0 aliphatic carbocycles. The fraction of sp³-hybridized carbons (Fsp3) is 0.750. The van der Waals surface area contributed by atoms with Crippen molar-refractivity contribution in [2.75, 3.05) is 30.3 Å². The molecule has 2 aliphatic heterocycles. The zero-order valence-electron chi connectivity index (χ0n) is 13.7. The van der Waals surface area contributed by atoms with E-state index in [9.17, 15) is 0 Å². The summed E-state index contributed by atoms with van der Waals surface area (Å²) in [4.78, 5) is 2.38. The average Bonchev–Trinajstić information content (AvgIpc) is 3.20. The van der Waals surface area contributed by atoms with Crippen molar-refractivity contribution in [3.8, 4) is 0 Å². The van der Waals surface area contributed by atoms with Gasteiger partial charge in [0, 0.05) is 31.0 Å². The van der Waals surface area contributed by atoms with E-state index in [1.54, 1.807) is 17.3 Å². The van der Waals surface area contributed by atoms with Gasteiger partial charge in [-0.3, -0.25) is 4.57 Å². The van der Waals surface area contributed by atoms with Crippen LogP contribution in [0, 0.1) is 5.92 Å². The zero-order valence-corrected chi connectivity index (χ0v) is 15.2. The molecule has 5 nitrogen and oxygen atoms in total. The van der Waals surface area contributed by atoms with Crippen LogP contribution in [0.4, 0.5) is 5.95 Å². The molecule has 2 saturated heterocycles. The summed E-state index contributed by atoms with van der Waals surface area (Å²) in [5, 5.41) is 9.88. The minimum atomic E-state index is 0.288. The summed E-state index contributed by atoms with van der Waals surface area (Å²) in [5.74, 6) is 2.62. The lowest BCUT2D eigenvalue weighted by Gasteiger charge is -2.31. The number of anilines is 1. The van der Waals surface area contributed by atoms with Crippen LogP contribution in [0.5, 0.6) is 0 Å². The van der Waals surface area contributed by atoms with Crippen molar-refractivity contribution in [3.63, 3.8) is 0 Å². The summed E-state index contributed by atoms with van der Waals surface area (Å²) in [6.07, 6.45) is 6.95. The van der Waals surface area contributed by atoms with Crippen molar-refractivity contribution >= 4 is 29.3 Å². The quantitative estimate of drug-likeness (QED) is 0.729. The third-order valence-corrected chi connectivity index (χ3v) is 5.67. The second-order valence-electron chi connectivity index (χ2n) is 6.37. The summed E-state index contributed by atoms with van der Waals surface area (Å²) in [5.41, 5.74) is 1.56. The number of hydrogen-bond donors (Lipinski definition) is 0. The molecule has 1 aromatic rings. The van der Waals surface area contributed by atoms with E-state index in [1.165, 1.54) is 12.8 Å². The van der Waals surface area contributed by atoms with Crippen LogP contribution in [0.2, 0.25) is 0 Å². The number of nitrogens with zero attached hydrogens (tertiary/aromatic N) is 4. The van der Waals surface area contributed by atoms with E-state index in [2.05, 4.69) is 26.6 Å². The molecule has 128 valence electrons. The Labute approximate surface area is 147 Å². The van der Waals surface area contributed by atoms with Gasteiger partial charge in [-0.15, -0.1) is 10.2 Å². The van der Waals surface area contributed by atoms with Gasteiger partial charge in [-0.2, -0.15) is 0 Å². The van der Waals surface area contributed by atoms with Gasteiger partial charge in [0.2, 0.25) is 5.95 Å². The van der Waals surface area contributed by atoms with Crippen LogP contribution in [-0.2, 0) is 11.3 Å². The summed E-state index contributed by atoms with van der Waals surface area (Å²) >= 11 is 7.30. The van der Waals surface area contributed by atoms with Gasteiger partial charge in [0.1, 0.15) is 0 Å². The Morgan fingerprint density at radius 3 is 2.83 bits per heavy atom. The molecule has 2 aliphatic rings. The van der Waals surface area contributed by atoms with Crippen molar-refractivity contribution in [1.82, 2.24) is 14.8 Å². The molecule has 3 heterocycles. The Morgan fingerprint density at radius 1 is 1.30 bits per heavy atom. The van der Waals surface area contributed by atoms with Gasteiger partial charge in [-0.1, -0.05) is 36.4 Å². The van der Waals surface area contributed by atoms with E-state index in [4.69, 9.17) is 16.3 Å². The monoisotopic (exact) mass is 356 g/mol. The summed E-state index contributed by atoms with van der Waals surface area (Å²) < 4.78 is 8.08. The van der Waals surface area contributed by atoms with Crippen molar-refractivity contribution in [1.29, 1.82) is 0 Å². The molecule has 7 heteroatoms. The standard InChI is InChI=1S/C16H25ClN4OS/c1-13-5-8-20(9-6-13)15-18-19-16(23-11-3-7-17)21(15)12-14-4-2-10-22-14/h3,7,13-14H,2,4-6,8-12H2,1H3. The number of aromatic nitrogens is 3. The highest BCUT2D eigenvalue weighted by atomic mass is 35.5. The molecule has 0 aromatic carbocycles. The number of halogens is 1. The van der Waals surface area contributed by atoms with Gasteiger partial charge in [0.05, 0.1) is 12.6 Å².